The van der Waals surface area contributed by atoms with Crippen molar-refractivity contribution in [1.29, 1.82) is 0 Å². The van der Waals surface area contributed by atoms with Crippen LogP contribution in [0.2, 0.25) is 0 Å². The van der Waals surface area contributed by atoms with Gasteiger partial charge in [0.05, 0.1) is 12.0 Å². The van der Waals surface area contributed by atoms with Gasteiger partial charge in [-0.15, -0.1) is 0 Å². The molecule has 110 valence electrons. The highest BCUT2D eigenvalue weighted by molar-refractivity contribution is 5.66. The SMILES string of the molecule is CNc1ncc([N+](=O)[O-])c(Nc2ccc(OC)c(F)c2)n1. The van der Waals surface area contributed by atoms with Crippen molar-refractivity contribution in [3.8, 4) is 5.75 Å². The molecule has 8 nitrogen and oxygen atoms in total. The van der Waals surface area contributed by atoms with Crippen LogP contribution < -0.4 is 15.4 Å². The van der Waals surface area contributed by atoms with Crippen molar-refractivity contribution in [3.63, 3.8) is 0 Å². The Kier molecular flexibility index (Phi) is 4.12. The van der Waals surface area contributed by atoms with Crippen LogP contribution in [-0.4, -0.2) is 29.0 Å². The molecule has 0 aliphatic carbocycles. The average Bonchev–Trinajstić information content (AvgIpc) is 2.47. The lowest BCUT2D eigenvalue weighted by atomic mass is 10.3. The van der Waals surface area contributed by atoms with E-state index in [0.717, 1.165) is 12.3 Å². The first-order chi connectivity index (χ1) is 10.0. The van der Waals surface area contributed by atoms with Crippen LogP contribution in [0.4, 0.5) is 27.5 Å². The first-order valence-corrected chi connectivity index (χ1v) is 5.85. The summed E-state index contributed by atoms with van der Waals surface area (Å²) in [5, 5.41) is 16.3. The zero-order valence-electron chi connectivity index (χ0n) is 11.3. The van der Waals surface area contributed by atoms with Crippen molar-refractivity contribution in [2.24, 2.45) is 0 Å². The smallest absolute Gasteiger partial charge is 0.329 e. The second-order valence-electron chi connectivity index (χ2n) is 3.91. The Morgan fingerprint density at radius 2 is 2.19 bits per heavy atom. The summed E-state index contributed by atoms with van der Waals surface area (Å²) in [7, 11) is 2.93. The molecule has 0 aliphatic rings. The summed E-state index contributed by atoms with van der Waals surface area (Å²) in [4.78, 5) is 18.0. The Hall–Kier alpha value is -2.97. The van der Waals surface area contributed by atoms with Crippen LogP contribution >= 0.6 is 0 Å². The zero-order chi connectivity index (χ0) is 15.4. The van der Waals surface area contributed by atoms with E-state index in [1.165, 1.54) is 19.2 Å². The number of nitrogens with one attached hydrogen (secondary N) is 2. The van der Waals surface area contributed by atoms with Crippen LogP contribution in [-0.2, 0) is 0 Å². The van der Waals surface area contributed by atoms with Crippen molar-refractivity contribution < 1.29 is 14.1 Å². The maximum Gasteiger partial charge on any atom is 0.329 e. The molecular weight excluding hydrogens is 281 g/mol. The molecule has 0 atom stereocenters. The number of hydrogen-bond acceptors (Lipinski definition) is 7. The predicted octanol–water partition coefficient (Wildman–Crippen LogP) is 2.32. The summed E-state index contributed by atoms with van der Waals surface area (Å²) >= 11 is 0. The van der Waals surface area contributed by atoms with E-state index in [1.54, 1.807) is 7.05 Å². The number of anilines is 3. The van der Waals surface area contributed by atoms with Crippen LogP contribution in [0.5, 0.6) is 5.75 Å². The van der Waals surface area contributed by atoms with E-state index in [9.17, 15) is 14.5 Å². The van der Waals surface area contributed by atoms with Gasteiger partial charge in [0.2, 0.25) is 11.8 Å². The average molecular weight is 293 g/mol. The lowest BCUT2D eigenvalue weighted by Gasteiger charge is -2.09. The number of nitrogens with zero attached hydrogens (tertiary/aromatic N) is 3. The fraction of sp³-hybridized carbons (Fsp3) is 0.167. The van der Waals surface area contributed by atoms with Crippen LogP contribution in [0.1, 0.15) is 0 Å². The van der Waals surface area contributed by atoms with Gasteiger partial charge in [0.1, 0.15) is 6.20 Å². The van der Waals surface area contributed by atoms with Gasteiger partial charge < -0.3 is 15.4 Å². The molecule has 0 aliphatic heterocycles. The number of aromatic nitrogens is 2. The minimum absolute atomic E-state index is 0.0380. The molecule has 1 aromatic heterocycles. The van der Waals surface area contributed by atoms with Crippen molar-refractivity contribution in [3.05, 3.63) is 40.3 Å². The maximum atomic E-state index is 13.6. The lowest BCUT2D eigenvalue weighted by Crippen LogP contribution is -2.04. The standard InChI is InChI=1S/C12H12FN5O3/c1-14-12-15-6-9(18(19)20)11(17-12)16-7-3-4-10(21-2)8(13)5-7/h3-6H,1-2H3,(H2,14,15,16,17). The molecule has 0 amide bonds. The molecular formula is C12H12FN5O3. The highest BCUT2D eigenvalue weighted by Gasteiger charge is 2.17. The minimum Gasteiger partial charge on any atom is -0.494 e. The number of halogens is 1. The summed E-state index contributed by atoms with van der Waals surface area (Å²) in [5.74, 6) is -0.345. The highest BCUT2D eigenvalue weighted by atomic mass is 19.1. The third-order valence-electron chi connectivity index (χ3n) is 2.60. The van der Waals surface area contributed by atoms with Crippen molar-refractivity contribution >= 4 is 23.1 Å². The highest BCUT2D eigenvalue weighted by Crippen LogP contribution is 2.28. The third-order valence-corrected chi connectivity index (χ3v) is 2.60. The molecule has 2 rings (SSSR count). The Bertz CT molecular complexity index is 680. The van der Waals surface area contributed by atoms with Gasteiger partial charge in [0.15, 0.2) is 11.6 Å². The van der Waals surface area contributed by atoms with Crippen LogP contribution in [0, 0.1) is 15.9 Å². The molecule has 0 spiro atoms. The van der Waals surface area contributed by atoms with Crippen molar-refractivity contribution in [1.82, 2.24) is 9.97 Å². The molecule has 2 N–H and O–H groups in total. The Morgan fingerprint density at radius 1 is 1.43 bits per heavy atom. The molecule has 9 heteroatoms. The lowest BCUT2D eigenvalue weighted by molar-refractivity contribution is -0.384. The molecule has 0 unspecified atom stereocenters. The fourth-order valence-electron chi connectivity index (χ4n) is 1.60. The molecule has 0 bridgehead atoms. The van der Waals surface area contributed by atoms with E-state index >= 15 is 0 Å². The monoisotopic (exact) mass is 293 g/mol. The van der Waals surface area contributed by atoms with Gasteiger partial charge in [-0.05, 0) is 12.1 Å². The molecule has 0 saturated carbocycles. The van der Waals surface area contributed by atoms with Gasteiger partial charge >= 0.3 is 5.69 Å². The quantitative estimate of drug-likeness (QED) is 0.644. The molecule has 21 heavy (non-hydrogen) atoms. The van der Waals surface area contributed by atoms with E-state index in [0.29, 0.717) is 5.69 Å². The van der Waals surface area contributed by atoms with E-state index in [4.69, 9.17) is 4.74 Å². The summed E-state index contributed by atoms with van der Waals surface area (Å²) < 4.78 is 18.4. The molecule has 1 heterocycles. The van der Waals surface area contributed by atoms with E-state index in [2.05, 4.69) is 20.6 Å². The zero-order valence-corrected chi connectivity index (χ0v) is 11.3. The topological polar surface area (TPSA) is 102 Å². The summed E-state index contributed by atoms with van der Waals surface area (Å²) in [5.41, 5.74) is -0.0117. The number of rotatable bonds is 5. The Labute approximate surface area is 119 Å². The maximum absolute atomic E-state index is 13.6. The summed E-state index contributed by atoms with van der Waals surface area (Å²) in [6.45, 7) is 0. The number of nitro groups is 1. The number of ether oxygens (including phenoxy) is 1. The van der Waals surface area contributed by atoms with Gasteiger partial charge in [-0.3, -0.25) is 10.1 Å². The Morgan fingerprint density at radius 3 is 2.76 bits per heavy atom. The molecule has 0 radical (unpaired) electrons. The second kappa shape index (κ2) is 5.99. The van der Waals surface area contributed by atoms with Gasteiger partial charge in [-0.2, -0.15) is 4.98 Å². The van der Waals surface area contributed by atoms with Crippen molar-refractivity contribution in [2.75, 3.05) is 24.8 Å². The second-order valence-corrected chi connectivity index (χ2v) is 3.91. The Balaban J connectivity index is 2.37. The molecule has 0 saturated heterocycles. The van der Waals surface area contributed by atoms with Crippen LogP contribution in [0.3, 0.4) is 0 Å². The normalized spacial score (nSPS) is 10.0. The molecule has 0 fully saturated rings. The fourth-order valence-corrected chi connectivity index (χ4v) is 1.60. The number of hydrogen-bond donors (Lipinski definition) is 2. The van der Waals surface area contributed by atoms with Gasteiger partial charge in [-0.25, -0.2) is 9.37 Å². The largest absolute Gasteiger partial charge is 0.494 e. The predicted molar refractivity (Wildman–Crippen MR) is 74.5 cm³/mol. The van der Waals surface area contributed by atoms with E-state index in [1.807, 2.05) is 0 Å². The third kappa shape index (κ3) is 3.14. The number of benzene rings is 1. The van der Waals surface area contributed by atoms with Crippen molar-refractivity contribution in [2.45, 2.75) is 0 Å². The van der Waals surface area contributed by atoms with Crippen LogP contribution in [0.15, 0.2) is 24.4 Å². The van der Waals surface area contributed by atoms with E-state index in [-0.39, 0.29) is 23.2 Å². The number of methoxy groups -OCH3 is 1. The van der Waals surface area contributed by atoms with Gasteiger partial charge in [0.25, 0.3) is 0 Å². The molecule has 1 aromatic carbocycles. The molecule has 2 aromatic rings. The first-order valence-electron chi connectivity index (χ1n) is 5.85. The minimum atomic E-state index is -0.623. The van der Waals surface area contributed by atoms with E-state index < -0.39 is 10.7 Å². The summed E-state index contributed by atoms with van der Waals surface area (Å²) in [6.07, 6.45) is 1.07. The van der Waals surface area contributed by atoms with Gasteiger partial charge in [0, 0.05) is 18.8 Å². The first kappa shape index (κ1) is 14.4. The summed E-state index contributed by atoms with van der Waals surface area (Å²) in [6, 6.07) is 4.08. The van der Waals surface area contributed by atoms with Gasteiger partial charge in [-0.1, -0.05) is 0 Å². The van der Waals surface area contributed by atoms with Crippen LogP contribution in [0.25, 0.3) is 0 Å².